The maximum atomic E-state index is 13.1. The van der Waals surface area contributed by atoms with E-state index in [0.717, 1.165) is 0 Å². The average molecular weight is 489 g/mol. The minimum Gasteiger partial charge on any atom is -0.507 e. The van der Waals surface area contributed by atoms with E-state index in [1.807, 2.05) is 19.0 Å². The van der Waals surface area contributed by atoms with E-state index in [2.05, 4.69) is 0 Å². The van der Waals surface area contributed by atoms with Crippen molar-refractivity contribution < 1.29 is 29.3 Å². The number of ketones is 1. The van der Waals surface area contributed by atoms with Crippen molar-refractivity contribution >= 4 is 29.1 Å². The summed E-state index contributed by atoms with van der Waals surface area (Å²) in [6.45, 7) is 3.17. The highest BCUT2D eigenvalue weighted by Gasteiger charge is 2.46. The van der Waals surface area contributed by atoms with Crippen LogP contribution in [0.2, 0.25) is 5.02 Å². The lowest BCUT2D eigenvalue weighted by Gasteiger charge is -2.26. The van der Waals surface area contributed by atoms with E-state index >= 15 is 0 Å². The molecule has 1 heterocycles. The summed E-state index contributed by atoms with van der Waals surface area (Å²) in [6.07, 6.45) is 0.619. The van der Waals surface area contributed by atoms with Gasteiger partial charge in [-0.15, -0.1) is 0 Å². The number of hydrogen-bond acceptors (Lipinski definition) is 7. The maximum absolute atomic E-state index is 13.1. The van der Waals surface area contributed by atoms with Crippen molar-refractivity contribution in [3.63, 3.8) is 0 Å². The zero-order valence-electron chi connectivity index (χ0n) is 19.7. The van der Waals surface area contributed by atoms with Crippen LogP contribution >= 0.6 is 11.6 Å². The number of hydrogen-bond donors (Lipinski definition) is 2. The largest absolute Gasteiger partial charge is 0.507 e. The average Bonchev–Trinajstić information content (AvgIpc) is 3.05. The molecule has 2 N–H and O–H groups in total. The molecule has 1 aliphatic rings. The topological polar surface area (TPSA) is 99.5 Å². The molecule has 3 rings (SSSR count). The van der Waals surface area contributed by atoms with E-state index in [1.165, 1.54) is 24.1 Å². The van der Waals surface area contributed by atoms with Crippen LogP contribution in [0, 0.1) is 0 Å². The van der Waals surface area contributed by atoms with Crippen molar-refractivity contribution in [2.45, 2.75) is 19.4 Å². The van der Waals surface area contributed by atoms with Gasteiger partial charge >= 0.3 is 0 Å². The standard InChI is InChI=1S/C25H29ClN2O6/c1-5-34-20-14-16(7-9-17(20)26)23(30)21-22(15-8-10-19(33-4)18(29)13-15)28(25(32)24(21)31)12-6-11-27(2)3/h7-10,13-14,22,29-30H,5-6,11-12H2,1-4H3/b23-21-. The monoisotopic (exact) mass is 488 g/mol. The number of aliphatic hydroxyl groups is 1. The number of benzene rings is 2. The third-order valence-corrected chi connectivity index (χ3v) is 5.88. The summed E-state index contributed by atoms with van der Waals surface area (Å²) < 4.78 is 10.6. The number of methoxy groups -OCH3 is 1. The molecule has 9 heteroatoms. The van der Waals surface area contributed by atoms with Gasteiger partial charge in [0.2, 0.25) is 0 Å². The number of aliphatic hydroxyl groups excluding tert-OH is 1. The highest BCUT2D eigenvalue weighted by atomic mass is 35.5. The molecule has 1 fully saturated rings. The smallest absolute Gasteiger partial charge is 0.295 e. The van der Waals surface area contributed by atoms with Gasteiger partial charge in [-0.1, -0.05) is 17.7 Å². The van der Waals surface area contributed by atoms with Crippen molar-refractivity contribution in [3.05, 3.63) is 58.1 Å². The molecule has 0 spiro atoms. The molecule has 1 amide bonds. The van der Waals surface area contributed by atoms with Gasteiger partial charge in [-0.3, -0.25) is 9.59 Å². The summed E-state index contributed by atoms with van der Waals surface area (Å²) in [5.41, 5.74) is 0.703. The van der Waals surface area contributed by atoms with Gasteiger partial charge in [-0.05, 0) is 69.9 Å². The van der Waals surface area contributed by atoms with Gasteiger partial charge in [0.15, 0.2) is 11.5 Å². The highest BCUT2D eigenvalue weighted by Crippen LogP contribution is 2.42. The van der Waals surface area contributed by atoms with Crippen molar-refractivity contribution in [3.8, 4) is 17.2 Å². The molecule has 182 valence electrons. The minimum absolute atomic E-state index is 0.0656. The number of ether oxygens (including phenoxy) is 2. The molecule has 2 aromatic carbocycles. The Balaban J connectivity index is 2.14. The number of amides is 1. The fraction of sp³-hybridized carbons (Fsp3) is 0.360. The number of likely N-dealkylation sites (tertiary alicyclic amines) is 1. The van der Waals surface area contributed by atoms with Gasteiger partial charge in [0.1, 0.15) is 11.5 Å². The minimum atomic E-state index is -0.884. The molecule has 0 bridgehead atoms. The van der Waals surface area contributed by atoms with Gasteiger partial charge in [0, 0.05) is 12.1 Å². The lowest BCUT2D eigenvalue weighted by molar-refractivity contribution is -0.139. The fourth-order valence-electron chi connectivity index (χ4n) is 3.96. The van der Waals surface area contributed by atoms with Crippen LogP contribution < -0.4 is 9.47 Å². The highest BCUT2D eigenvalue weighted by molar-refractivity contribution is 6.46. The second-order valence-electron chi connectivity index (χ2n) is 8.16. The first-order chi connectivity index (χ1) is 16.2. The fourth-order valence-corrected chi connectivity index (χ4v) is 4.14. The molecule has 0 saturated carbocycles. The van der Waals surface area contributed by atoms with Gasteiger partial charge in [0.05, 0.1) is 30.4 Å². The zero-order chi connectivity index (χ0) is 25.0. The number of carbonyl (C=O) groups is 2. The quantitative estimate of drug-likeness (QED) is 0.314. The first-order valence-electron chi connectivity index (χ1n) is 10.9. The molecular formula is C25H29ClN2O6. The van der Waals surface area contributed by atoms with Crippen molar-refractivity contribution in [1.29, 1.82) is 0 Å². The molecule has 1 atom stereocenters. The SMILES string of the molecule is CCOc1cc(/C(O)=C2/C(=O)C(=O)N(CCCN(C)C)C2c2ccc(OC)c(O)c2)ccc1Cl. The lowest BCUT2D eigenvalue weighted by Crippen LogP contribution is -2.32. The second kappa shape index (κ2) is 10.8. The van der Waals surface area contributed by atoms with E-state index in [-0.39, 0.29) is 22.8 Å². The lowest BCUT2D eigenvalue weighted by atomic mass is 9.95. The Bertz CT molecular complexity index is 1110. The third-order valence-electron chi connectivity index (χ3n) is 5.57. The summed E-state index contributed by atoms with van der Waals surface area (Å²) >= 11 is 6.17. The maximum Gasteiger partial charge on any atom is 0.295 e. The predicted molar refractivity (Wildman–Crippen MR) is 129 cm³/mol. The summed E-state index contributed by atoms with van der Waals surface area (Å²) in [4.78, 5) is 29.6. The van der Waals surface area contributed by atoms with Gasteiger partial charge < -0.3 is 29.5 Å². The molecule has 0 aromatic heterocycles. The Morgan fingerprint density at radius 1 is 1.15 bits per heavy atom. The number of carbonyl (C=O) groups excluding carboxylic acids is 2. The zero-order valence-corrected chi connectivity index (χ0v) is 20.4. The summed E-state index contributed by atoms with van der Waals surface area (Å²) in [6, 6.07) is 8.42. The molecular weight excluding hydrogens is 460 g/mol. The van der Waals surface area contributed by atoms with E-state index < -0.39 is 17.7 Å². The van der Waals surface area contributed by atoms with Gasteiger partial charge in [-0.25, -0.2) is 0 Å². The Kier molecular flexibility index (Phi) is 8.06. The Morgan fingerprint density at radius 2 is 1.88 bits per heavy atom. The van der Waals surface area contributed by atoms with E-state index in [4.69, 9.17) is 21.1 Å². The number of phenols is 1. The second-order valence-corrected chi connectivity index (χ2v) is 8.57. The van der Waals surface area contributed by atoms with Crippen LogP contribution in [0.5, 0.6) is 17.2 Å². The van der Waals surface area contributed by atoms with Crippen molar-refractivity contribution in [2.75, 3.05) is 40.9 Å². The van der Waals surface area contributed by atoms with Crippen LogP contribution in [0.3, 0.4) is 0 Å². The number of Topliss-reactive ketones (excluding diaryl/α,β-unsaturated/α-hetero) is 1. The summed E-state index contributed by atoms with van der Waals surface area (Å²) in [5.74, 6) is -1.37. The Labute approximate surface area is 203 Å². The molecule has 0 aliphatic carbocycles. The molecule has 1 aliphatic heterocycles. The summed E-state index contributed by atoms with van der Waals surface area (Å²) in [5, 5.41) is 21.9. The van der Waals surface area contributed by atoms with E-state index in [1.54, 1.807) is 31.2 Å². The molecule has 34 heavy (non-hydrogen) atoms. The molecule has 1 unspecified atom stereocenters. The van der Waals surface area contributed by atoms with Crippen molar-refractivity contribution in [1.82, 2.24) is 9.80 Å². The summed E-state index contributed by atoms with van der Waals surface area (Å²) in [7, 11) is 5.27. The Hall–Kier alpha value is -3.23. The van der Waals surface area contributed by atoms with Crippen LogP contribution in [0.15, 0.2) is 42.0 Å². The van der Waals surface area contributed by atoms with Gasteiger partial charge in [0.25, 0.3) is 11.7 Å². The molecule has 1 saturated heterocycles. The van der Waals surface area contributed by atoms with Crippen LogP contribution in [0.25, 0.3) is 5.76 Å². The van der Waals surface area contributed by atoms with Crippen LogP contribution in [-0.4, -0.2) is 72.6 Å². The molecule has 8 nitrogen and oxygen atoms in total. The third kappa shape index (κ3) is 5.13. The molecule has 0 radical (unpaired) electrons. The molecule has 2 aromatic rings. The first-order valence-corrected chi connectivity index (χ1v) is 11.3. The van der Waals surface area contributed by atoms with Crippen LogP contribution in [0.4, 0.5) is 0 Å². The van der Waals surface area contributed by atoms with E-state index in [9.17, 15) is 19.8 Å². The Morgan fingerprint density at radius 3 is 2.50 bits per heavy atom. The number of nitrogens with zero attached hydrogens (tertiary/aromatic N) is 2. The first kappa shape index (κ1) is 25.4. The van der Waals surface area contributed by atoms with Gasteiger partial charge in [-0.2, -0.15) is 0 Å². The number of rotatable bonds is 9. The number of aromatic hydroxyl groups is 1. The van der Waals surface area contributed by atoms with Crippen molar-refractivity contribution in [2.24, 2.45) is 0 Å². The van der Waals surface area contributed by atoms with E-state index in [0.29, 0.717) is 48.0 Å². The van der Waals surface area contributed by atoms with Crippen LogP contribution in [-0.2, 0) is 9.59 Å². The number of phenolic OH excluding ortho intramolecular Hbond substituents is 1. The number of halogens is 1. The predicted octanol–water partition coefficient (Wildman–Crippen LogP) is 3.83. The normalized spacial score (nSPS) is 17.5. The van der Waals surface area contributed by atoms with Crippen LogP contribution in [0.1, 0.15) is 30.5 Å².